The van der Waals surface area contributed by atoms with Gasteiger partial charge in [-0.1, -0.05) is 17.7 Å². The minimum atomic E-state index is -0.671. The van der Waals surface area contributed by atoms with Crippen molar-refractivity contribution < 1.29 is 18.3 Å². The lowest BCUT2D eigenvalue weighted by atomic mass is 10.2. The summed E-state index contributed by atoms with van der Waals surface area (Å²) in [6.07, 6.45) is 0. The Labute approximate surface area is 131 Å². The second-order valence-corrected chi connectivity index (χ2v) is 4.92. The molecule has 0 spiro atoms. The van der Waals surface area contributed by atoms with Crippen molar-refractivity contribution in [3.63, 3.8) is 0 Å². The van der Waals surface area contributed by atoms with Gasteiger partial charge in [0.05, 0.1) is 18.6 Å². The van der Waals surface area contributed by atoms with Crippen LogP contribution in [0, 0.1) is 11.6 Å². The largest absolute Gasteiger partial charge is 0.493 e. The molecule has 0 saturated carbocycles. The fourth-order valence-corrected chi connectivity index (χ4v) is 2.28. The summed E-state index contributed by atoms with van der Waals surface area (Å²) >= 11 is 11.8. The third kappa shape index (κ3) is 3.57. The monoisotopic (exact) mass is 332 g/mol. The van der Waals surface area contributed by atoms with Gasteiger partial charge in [-0.05, 0) is 18.2 Å². The van der Waals surface area contributed by atoms with Crippen LogP contribution in [-0.4, -0.2) is 7.11 Å². The number of methoxy groups -OCH3 is 1. The van der Waals surface area contributed by atoms with Gasteiger partial charge in [0.2, 0.25) is 0 Å². The summed E-state index contributed by atoms with van der Waals surface area (Å²) < 4.78 is 37.8. The molecule has 0 aliphatic rings. The molecule has 0 heterocycles. The van der Waals surface area contributed by atoms with Gasteiger partial charge in [0.1, 0.15) is 18.2 Å². The average Bonchev–Trinajstić information content (AvgIpc) is 2.47. The number of halogens is 4. The molecule has 2 aromatic carbocycles. The van der Waals surface area contributed by atoms with Crippen molar-refractivity contribution in [2.24, 2.45) is 0 Å². The lowest BCUT2D eigenvalue weighted by molar-refractivity contribution is 0.272. The van der Waals surface area contributed by atoms with Crippen molar-refractivity contribution in [3.05, 3.63) is 58.1 Å². The second-order valence-electron chi connectivity index (χ2n) is 4.22. The third-order valence-corrected chi connectivity index (χ3v) is 3.39. The van der Waals surface area contributed by atoms with E-state index in [1.165, 1.54) is 25.3 Å². The lowest BCUT2D eigenvalue weighted by Crippen LogP contribution is -2.04. The van der Waals surface area contributed by atoms with Gasteiger partial charge < -0.3 is 9.47 Å². The Morgan fingerprint density at radius 1 is 1.14 bits per heavy atom. The predicted octanol–water partition coefficient (Wildman–Crippen LogP) is 4.94. The Balaban J connectivity index is 2.31. The standard InChI is InChI=1S/C15H12Cl2F2O2/c1-20-14-6-10(17)5-9(7-16)15(14)21-8-11-12(18)3-2-4-13(11)19/h2-6H,7-8H2,1H3. The minimum absolute atomic E-state index is 0.131. The van der Waals surface area contributed by atoms with Crippen molar-refractivity contribution in [1.29, 1.82) is 0 Å². The molecule has 2 nitrogen and oxygen atoms in total. The molecule has 0 aromatic heterocycles. The van der Waals surface area contributed by atoms with E-state index in [4.69, 9.17) is 32.7 Å². The molecule has 0 unspecified atom stereocenters. The molecule has 0 aliphatic heterocycles. The first-order valence-electron chi connectivity index (χ1n) is 6.05. The lowest BCUT2D eigenvalue weighted by Gasteiger charge is -2.15. The zero-order valence-corrected chi connectivity index (χ0v) is 12.6. The van der Waals surface area contributed by atoms with Crippen LogP contribution in [0.4, 0.5) is 8.78 Å². The van der Waals surface area contributed by atoms with Crippen LogP contribution in [0.2, 0.25) is 5.02 Å². The van der Waals surface area contributed by atoms with Crippen molar-refractivity contribution in [2.75, 3.05) is 7.11 Å². The van der Waals surface area contributed by atoms with Crippen molar-refractivity contribution in [1.82, 2.24) is 0 Å². The smallest absolute Gasteiger partial charge is 0.166 e. The zero-order chi connectivity index (χ0) is 15.4. The van der Waals surface area contributed by atoms with Crippen LogP contribution >= 0.6 is 23.2 Å². The fourth-order valence-electron chi connectivity index (χ4n) is 1.85. The Morgan fingerprint density at radius 3 is 2.38 bits per heavy atom. The second kappa shape index (κ2) is 6.96. The molecule has 0 bridgehead atoms. The topological polar surface area (TPSA) is 18.5 Å². The van der Waals surface area contributed by atoms with E-state index in [-0.39, 0.29) is 18.1 Å². The molecule has 2 rings (SSSR count). The van der Waals surface area contributed by atoms with Gasteiger partial charge in [0, 0.05) is 16.7 Å². The first-order valence-corrected chi connectivity index (χ1v) is 6.96. The van der Waals surface area contributed by atoms with E-state index in [0.717, 1.165) is 0 Å². The van der Waals surface area contributed by atoms with Crippen LogP contribution < -0.4 is 9.47 Å². The summed E-state index contributed by atoms with van der Waals surface area (Å²) in [4.78, 5) is 0. The highest BCUT2D eigenvalue weighted by Gasteiger charge is 2.15. The zero-order valence-electron chi connectivity index (χ0n) is 11.1. The van der Waals surface area contributed by atoms with Crippen molar-refractivity contribution in [3.8, 4) is 11.5 Å². The first kappa shape index (κ1) is 15.9. The van der Waals surface area contributed by atoms with Gasteiger partial charge in [0.25, 0.3) is 0 Å². The van der Waals surface area contributed by atoms with Crippen molar-refractivity contribution >= 4 is 23.2 Å². The summed E-state index contributed by atoms with van der Waals surface area (Å²) in [5.74, 6) is -0.536. The van der Waals surface area contributed by atoms with E-state index in [1.54, 1.807) is 12.1 Å². The number of benzene rings is 2. The summed E-state index contributed by atoms with van der Waals surface area (Å²) in [7, 11) is 1.44. The van der Waals surface area contributed by atoms with E-state index in [2.05, 4.69) is 0 Å². The molecule has 0 atom stereocenters. The third-order valence-electron chi connectivity index (χ3n) is 2.88. The van der Waals surface area contributed by atoms with Gasteiger partial charge in [-0.15, -0.1) is 11.6 Å². The maximum absolute atomic E-state index is 13.6. The Kier molecular flexibility index (Phi) is 5.26. The highest BCUT2D eigenvalue weighted by atomic mass is 35.5. The molecule has 0 saturated heterocycles. The van der Waals surface area contributed by atoms with E-state index in [1.807, 2.05) is 0 Å². The molecular weight excluding hydrogens is 321 g/mol. The number of ether oxygens (including phenoxy) is 2. The Hall–Kier alpha value is -1.52. The molecule has 0 aliphatic carbocycles. The molecule has 6 heteroatoms. The average molecular weight is 333 g/mol. The summed E-state index contributed by atoms with van der Waals surface area (Å²) in [6.45, 7) is -0.277. The Bertz CT molecular complexity index is 602. The number of hydrogen-bond donors (Lipinski definition) is 0. The molecule has 0 N–H and O–H groups in total. The molecule has 2 aromatic rings. The molecular formula is C15H12Cl2F2O2. The molecule has 0 radical (unpaired) electrons. The number of rotatable bonds is 5. The van der Waals surface area contributed by atoms with Crippen LogP contribution in [0.25, 0.3) is 0 Å². The fraction of sp³-hybridized carbons (Fsp3) is 0.200. The van der Waals surface area contributed by atoms with Crippen LogP contribution in [0.3, 0.4) is 0 Å². The molecule has 21 heavy (non-hydrogen) atoms. The van der Waals surface area contributed by atoms with E-state index in [0.29, 0.717) is 22.1 Å². The Morgan fingerprint density at radius 2 is 1.81 bits per heavy atom. The highest BCUT2D eigenvalue weighted by molar-refractivity contribution is 6.31. The van der Waals surface area contributed by atoms with E-state index < -0.39 is 11.6 Å². The molecule has 0 fully saturated rings. The maximum Gasteiger partial charge on any atom is 0.166 e. The summed E-state index contributed by atoms with van der Waals surface area (Å²) in [5.41, 5.74) is 0.424. The van der Waals surface area contributed by atoms with Gasteiger partial charge in [0.15, 0.2) is 11.5 Å². The first-order chi connectivity index (χ1) is 10.1. The van der Waals surface area contributed by atoms with E-state index in [9.17, 15) is 8.78 Å². The van der Waals surface area contributed by atoms with Gasteiger partial charge in [-0.25, -0.2) is 8.78 Å². The van der Waals surface area contributed by atoms with Gasteiger partial charge in [-0.3, -0.25) is 0 Å². The van der Waals surface area contributed by atoms with Crippen LogP contribution in [-0.2, 0) is 12.5 Å². The van der Waals surface area contributed by atoms with Crippen LogP contribution in [0.1, 0.15) is 11.1 Å². The summed E-state index contributed by atoms with van der Waals surface area (Å²) in [5, 5.41) is 0.437. The van der Waals surface area contributed by atoms with Crippen LogP contribution in [0.15, 0.2) is 30.3 Å². The molecule has 112 valence electrons. The highest BCUT2D eigenvalue weighted by Crippen LogP contribution is 2.36. The van der Waals surface area contributed by atoms with Crippen molar-refractivity contribution in [2.45, 2.75) is 12.5 Å². The maximum atomic E-state index is 13.6. The minimum Gasteiger partial charge on any atom is -0.493 e. The SMILES string of the molecule is COc1cc(Cl)cc(CCl)c1OCc1c(F)cccc1F. The predicted molar refractivity (Wildman–Crippen MR) is 78.3 cm³/mol. The number of alkyl halides is 1. The van der Waals surface area contributed by atoms with Gasteiger partial charge >= 0.3 is 0 Å². The van der Waals surface area contributed by atoms with E-state index >= 15 is 0 Å². The number of hydrogen-bond acceptors (Lipinski definition) is 2. The quantitative estimate of drug-likeness (QED) is 0.721. The van der Waals surface area contributed by atoms with Crippen LogP contribution in [0.5, 0.6) is 11.5 Å². The summed E-state index contributed by atoms with van der Waals surface area (Å²) in [6, 6.07) is 6.79. The van der Waals surface area contributed by atoms with Gasteiger partial charge in [-0.2, -0.15) is 0 Å². The molecule has 0 amide bonds. The normalized spacial score (nSPS) is 10.5.